The highest BCUT2D eigenvalue weighted by Crippen LogP contribution is 2.18. The van der Waals surface area contributed by atoms with Crippen molar-refractivity contribution in [1.82, 2.24) is 15.5 Å². The first-order valence-electron chi connectivity index (χ1n) is 8.94. The number of amides is 2. The average molecular weight is 329 g/mol. The second-order valence-electron chi connectivity index (χ2n) is 6.44. The van der Waals surface area contributed by atoms with Crippen LogP contribution in [0, 0.1) is 0 Å². The van der Waals surface area contributed by atoms with Crippen molar-refractivity contribution >= 4 is 17.7 Å². The zero-order chi connectivity index (χ0) is 16.8. The second-order valence-corrected chi connectivity index (χ2v) is 6.44. The zero-order valence-electron chi connectivity index (χ0n) is 14.3. The van der Waals surface area contributed by atoms with Crippen molar-refractivity contribution in [1.29, 1.82) is 0 Å². The summed E-state index contributed by atoms with van der Waals surface area (Å²) in [5.41, 5.74) is 1.92. The van der Waals surface area contributed by atoms with Gasteiger partial charge in [0.25, 0.3) is 0 Å². The van der Waals surface area contributed by atoms with E-state index < -0.39 is 0 Å². The largest absolute Gasteiger partial charge is 0.357 e. The lowest BCUT2D eigenvalue weighted by atomic mass is 10.2. The summed E-state index contributed by atoms with van der Waals surface area (Å²) < 4.78 is 0. The minimum absolute atomic E-state index is 0.00288. The molecule has 6 heteroatoms. The Morgan fingerprint density at radius 2 is 2.08 bits per heavy atom. The third kappa shape index (κ3) is 4.88. The molecule has 0 bridgehead atoms. The summed E-state index contributed by atoms with van der Waals surface area (Å²) in [6.07, 6.45) is 4.65. The van der Waals surface area contributed by atoms with Crippen molar-refractivity contribution in [3.05, 3.63) is 29.8 Å². The Hall–Kier alpha value is -2.24. The Balaban J connectivity index is 1.58. The van der Waals surface area contributed by atoms with E-state index in [1.165, 1.54) is 12.8 Å². The van der Waals surface area contributed by atoms with Gasteiger partial charge in [0.1, 0.15) is 0 Å². The van der Waals surface area contributed by atoms with E-state index in [-0.39, 0.29) is 6.03 Å². The number of likely N-dealkylation sites (tertiary alicyclic amines) is 1. The molecule has 1 aromatic carbocycles. The molecule has 2 fully saturated rings. The van der Waals surface area contributed by atoms with Gasteiger partial charge in [-0.3, -0.25) is 0 Å². The smallest absolute Gasteiger partial charge is 0.321 e. The standard InChI is InChI=1S/C18H27N5O/c1-2-19-17(21-15-8-9-15)20-13-14-6-5-7-16(12-14)22-18(24)23-10-3-4-11-23/h5-7,12,15H,2-4,8-11,13H2,1H3,(H,22,24)(H2,19,20,21). The number of hydrogen-bond donors (Lipinski definition) is 3. The van der Waals surface area contributed by atoms with Crippen molar-refractivity contribution in [3.63, 3.8) is 0 Å². The molecule has 1 aliphatic heterocycles. The summed E-state index contributed by atoms with van der Waals surface area (Å²) in [5.74, 6) is 0.867. The number of anilines is 1. The summed E-state index contributed by atoms with van der Waals surface area (Å²) in [4.78, 5) is 18.7. The van der Waals surface area contributed by atoms with Crippen LogP contribution < -0.4 is 16.0 Å². The van der Waals surface area contributed by atoms with E-state index in [0.29, 0.717) is 12.6 Å². The molecule has 130 valence electrons. The molecule has 0 atom stereocenters. The molecule has 1 saturated carbocycles. The summed E-state index contributed by atoms with van der Waals surface area (Å²) >= 11 is 0. The highest BCUT2D eigenvalue weighted by Gasteiger charge is 2.22. The molecular weight excluding hydrogens is 302 g/mol. The molecule has 1 saturated heterocycles. The lowest BCUT2D eigenvalue weighted by Gasteiger charge is -2.16. The highest BCUT2D eigenvalue weighted by molar-refractivity contribution is 5.89. The number of nitrogens with zero attached hydrogens (tertiary/aromatic N) is 2. The minimum Gasteiger partial charge on any atom is -0.357 e. The summed E-state index contributed by atoms with van der Waals surface area (Å²) in [6.45, 7) is 5.22. The fourth-order valence-electron chi connectivity index (χ4n) is 2.78. The molecule has 2 aliphatic rings. The SMILES string of the molecule is CCNC(=NCc1cccc(NC(=O)N2CCCC2)c1)NC1CC1. The van der Waals surface area contributed by atoms with Gasteiger partial charge in [0.15, 0.2) is 5.96 Å². The lowest BCUT2D eigenvalue weighted by molar-refractivity contribution is 0.222. The first kappa shape index (κ1) is 16.6. The maximum Gasteiger partial charge on any atom is 0.321 e. The zero-order valence-corrected chi connectivity index (χ0v) is 14.3. The normalized spacial score (nSPS) is 17.7. The Bertz CT molecular complexity index is 591. The maximum absolute atomic E-state index is 12.2. The van der Waals surface area contributed by atoms with Gasteiger partial charge in [-0.1, -0.05) is 12.1 Å². The number of carbonyl (C=O) groups excluding carboxylic acids is 1. The molecule has 6 nitrogen and oxygen atoms in total. The average Bonchev–Trinajstić information content (AvgIpc) is 3.22. The van der Waals surface area contributed by atoms with Gasteiger partial charge in [-0.15, -0.1) is 0 Å². The molecule has 24 heavy (non-hydrogen) atoms. The number of aliphatic imine (C=N–C) groups is 1. The predicted octanol–water partition coefficient (Wildman–Crippen LogP) is 2.53. The van der Waals surface area contributed by atoms with Gasteiger partial charge in [-0.25, -0.2) is 9.79 Å². The number of carbonyl (C=O) groups is 1. The second kappa shape index (κ2) is 8.04. The molecular formula is C18H27N5O. The van der Waals surface area contributed by atoms with Gasteiger partial charge in [0.05, 0.1) is 6.54 Å². The number of nitrogens with one attached hydrogen (secondary N) is 3. The fourth-order valence-corrected chi connectivity index (χ4v) is 2.78. The maximum atomic E-state index is 12.2. The first-order valence-corrected chi connectivity index (χ1v) is 8.94. The number of urea groups is 1. The van der Waals surface area contributed by atoms with E-state index in [1.54, 1.807) is 0 Å². The van der Waals surface area contributed by atoms with E-state index in [0.717, 1.165) is 49.7 Å². The van der Waals surface area contributed by atoms with Crippen molar-refractivity contribution in [2.75, 3.05) is 25.0 Å². The Labute approximate surface area is 143 Å². The molecule has 0 unspecified atom stereocenters. The van der Waals surface area contributed by atoms with Gasteiger partial charge in [-0.2, -0.15) is 0 Å². The molecule has 1 aliphatic carbocycles. The van der Waals surface area contributed by atoms with Crippen LogP contribution in [0.5, 0.6) is 0 Å². The van der Waals surface area contributed by atoms with Gasteiger partial charge in [0.2, 0.25) is 0 Å². The Morgan fingerprint density at radius 3 is 2.79 bits per heavy atom. The summed E-state index contributed by atoms with van der Waals surface area (Å²) in [6, 6.07) is 8.50. The number of benzene rings is 1. The molecule has 3 N–H and O–H groups in total. The Kier molecular flexibility index (Phi) is 5.56. The minimum atomic E-state index is -0.00288. The van der Waals surface area contributed by atoms with E-state index >= 15 is 0 Å². The quantitative estimate of drug-likeness (QED) is 0.574. The van der Waals surface area contributed by atoms with Crippen LogP contribution in [0.3, 0.4) is 0 Å². The van der Waals surface area contributed by atoms with E-state index in [1.807, 2.05) is 29.2 Å². The van der Waals surface area contributed by atoms with Crippen LogP contribution in [-0.4, -0.2) is 42.6 Å². The van der Waals surface area contributed by atoms with Crippen LogP contribution in [0.2, 0.25) is 0 Å². The Morgan fingerprint density at radius 1 is 1.29 bits per heavy atom. The van der Waals surface area contributed by atoms with Crippen LogP contribution in [0.4, 0.5) is 10.5 Å². The lowest BCUT2D eigenvalue weighted by Crippen LogP contribution is -2.38. The first-order chi connectivity index (χ1) is 11.7. The van der Waals surface area contributed by atoms with Crippen molar-refractivity contribution < 1.29 is 4.79 Å². The predicted molar refractivity (Wildman–Crippen MR) is 97.2 cm³/mol. The molecule has 0 aromatic heterocycles. The van der Waals surface area contributed by atoms with E-state index in [4.69, 9.17) is 0 Å². The van der Waals surface area contributed by atoms with Crippen LogP contribution in [0.25, 0.3) is 0 Å². The molecule has 0 spiro atoms. The fraction of sp³-hybridized carbons (Fsp3) is 0.556. The number of hydrogen-bond acceptors (Lipinski definition) is 2. The van der Waals surface area contributed by atoms with Crippen LogP contribution in [0.1, 0.15) is 38.2 Å². The molecule has 2 amide bonds. The molecule has 1 heterocycles. The molecule has 0 radical (unpaired) electrons. The number of rotatable bonds is 5. The van der Waals surface area contributed by atoms with Crippen molar-refractivity contribution in [2.45, 2.75) is 45.2 Å². The number of guanidine groups is 1. The monoisotopic (exact) mass is 329 g/mol. The topological polar surface area (TPSA) is 68.8 Å². The highest BCUT2D eigenvalue weighted by atomic mass is 16.2. The summed E-state index contributed by atoms with van der Waals surface area (Å²) in [7, 11) is 0. The van der Waals surface area contributed by atoms with Crippen molar-refractivity contribution in [2.24, 2.45) is 4.99 Å². The van der Waals surface area contributed by atoms with Gasteiger partial charge in [0, 0.05) is 31.4 Å². The summed E-state index contributed by atoms with van der Waals surface area (Å²) in [5, 5.41) is 9.67. The van der Waals surface area contributed by atoms with Gasteiger partial charge in [-0.05, 0) is 50.3 Å². The van der Waals surface area contributed by atoms with Gasteiger partial charge >= 0.3 is 6.03 Å². The van der Waals surface area contributed by atoms with Crippen LogP contribution >= 0.6 is 0 Å². The van der Waals surface area contributed by atoms with Gasteiger partial charge < -0.3 is 20.9 Å². The van der Waals surface area contributed by atoms with Crippen molar-refractivity contribution in [3.8, 4) is 0 Å². The van der Waals surface area contributed by atoms with E-state index in [9.17, 15) is 4.79 Å². The third-order valence-corrected chi connectivity index (χ3v) is 4.25. The van der Waals surface area contributed by atoms with Crippen LogP contribution in [0.15, 0.2) is 29.3 Å². The van der Waals surface area contributed by atoms with E-state index in [2.05, 4.69) is 27.9 Å². The molecule has 1 aromatic rings. The molecule has 3 rings (SSSR count). The van der Waals surface area contributed by atoms with Crippen LogP contribution in [-0.2, 0) is 6.54 Å². The third-order valence-electron chi connectivity index (χ3n) is 4.25.